The molecule has 37 heavy (non-hydrogen) atoms. The SMILES string of the molecule is COc1ccc2[nH]cc(CCN(Cc3ccc(OC)c(OC)c3)C(=O)c3ccc(C)c([N+](=O)[O-])c3)c2c1. The average molecular weight is 504 g/mol. The second kappa shape index (κ2) is 11.0. The number of aryl methyl sites for hydroxylation is 1. The fourth-order valence-corrected chi connectivity index (χ4v) is 4.32. The van der Waals surface area contributed by atoms with Crippen LogP contribution in [0.5, 0.6) is 17.2 Å². The predicted octanol–water partition coefficient (Wildman–Crippen LogP) is 5.30. The summed E-state index contributed by atoms with van der Waals surface area (Å²) in [7, 11) is 4.74. The van der Waals surface area contributed by atoms with Crippen molar-refractivity contribution in [1.29, 1.82) is 0 Å². The molecule has 0 saturated carbocycles. The van der Waals surface area contributed by atoms with Crippen LogP contribution < -0.4 is 14.2 Å². The van der Waals surface area contributed by atoms with Crippen molar-refractivity contribution in [2.24, 2.45) is 0 Å². The van der Waals surface area contributed by atoms with Gasteiger partial charge in [-0.05, 0) is 60.9 Å². The van der Waals surface area contributed by atoms with E-state index in [4.69, 9.17) is 14.2 Å². The van der Waals surface area contributed by atoms with E-state index in [0.717, 1.165) is 27.8 Å². The van der Waals surface area contributed by atoms with Crippen LogP contribution in [0.15, 0.2) is 60.8 Å². The minimum atomic E-state index is -0.468. The number of methoxy groups -OCH3 is 3. The number of carbonyl (C=O) groups is 1. The zero-order valence-electron chi connectivity index (χ0n) is 21.2. The molecular formula is C28H29N3O6. The molecule has 9 nitrogen and oxygen atoms in total. The molecule has 1 amide bonds. The number of H-pyrrole nitrogens is 1. The minimum Gasteiger partial charge on any atom is -0.497 e. The number of fused-ring (bicyclic) bond motifs is 1. The monoisotopic (exact) mass is 503 g/mol. The van der Waals surface area contributed by atoms with Crippen molar-refractivity contribution in [3.05, 3.63) is 93.2 Å². The second-order valence-electron chi connectivity index (χ2n) is 8.65. The van der Waals surface area contributed by atoms with Crippen molar-refractivity contribution >= 4 is 22.5 Å². The van der Waals surface area contributed by atoms with Gasteiger partial charge >= 0.3 is 0 Å². The molecule has 0 aliphatic heterocycles. The number of aromatic nitrogens is 1. The molecule has 0 unspecified atom stereocenters. The Kier molecular flexibility index (Phi) is 7.62. The summed E-state index contributed by atoms with van der Waals surface area (Å²) < 4.78 is 16.1. The molecule has 4 aromatic rings. The fraction of sp³-hybridized carbons (Fsp3) is 0.250. The molecule has 0 radical (unpaired) electrons. The first-order valence-electron chi connectivity index (χ1n) is 11.7. The highest BCUT2D eigenvalue weighted by molar-refractivity contribution is 5.95. The highest BCUT2D eigenvalue weighted by atomic mass is 16.6. The predicted molar refractivity (Wildman–Crippen MR) is 141 cm³/mol. The number of hydrogen-bond donors (Lipinski definition) is 1. The Morgan fingerprint density at radius 1 is 0.973 bits per heavy atom. The molecule has 9 heteroatoms. The van der Waals surface area contributed by atoms with Gasteiger partial charge in [-0.15, -0.1) is 0 Å². The zero-order valence-corrected chi connectivity index (χ0v) is 21.2. The topological polar surface area (TPSA) is 107 Å². The van der Waals surface area contributed by atoms with E-state index in [1.807, 2.05) is 36.5 Å². The highest BCUT2D eigenvalue weighted by Gasteiger charge is 2.21. The van der Waals surface area contributed by atoms with Gasteiger partial charge in [-0.25, -0.2) is 0 Å². The molecule has 3 aromatic carbocycles. The highest BCUT2D eigenvalue weighted by Crippen LogP contribution is 2.29. The Morgan fingerprint density at radius 3 is 2.46 bits per heavy atom. The van der Waals surface area contributed by atoms with E-state index in [9.17, 15) is 14.9 Å². The van der Waals surface area contributed by atoms with Crippen LogP contribution >= 0.6 is 0 Å². The van der Waals surface area contributed by atoms with Crippen molar-refractivity contribution < 1.29 is 23.9 Å². The number of benzene rings is 3. The number of nitro benzene ring substituents is 1. The summed E-state index contributed by atoms with van der Waals surface area (Å²) >= 11 is 0. The van der Waals surface area contributed by atoms with E-state index in [-0.39, 0.29) is 23.7 Å². The minimum absolute atomic E-state index is 0.0827. The Labute approximate surface area is 214 Å². The van der Waals surface area contributed by atoms with Gasteiger partial charge in [-0.3, -0.25) is 14.9 Å². The normalized spacial score (nSPS) is 10.8. The number of nitrogens with one attached hydrogen (secondary N) is 1. The molecule has 0 aliphatic carbocycles. The smallest absolute Gasteiger partial charge is 0.273 e. The van der Waals surface area contributed by atoms with Gasteiger partial charge in [0.1, 0.15) is 5.75 Å². The van der Waals surface area contributed by atoms with E-state index in [1.54, 1.807) is 51.4 Å². The third-order valence-electron chi connectivity index (χ3n) is 6.39. The Bertz CT molecular complexity index is 1450. The van der Waals surface area contributed by atoms with Crippen LogP contribution in [0.2, 0.25) is 0 Å². The maximum atomic E-state index is 13.7. The number of carbonyl (C=O) groups excluding carboxylic acids is 1. The standard InChI is InChI=1S/C28H29N3O6/c1-18-5-7-20(14-25(18)31(33)34)28(32)30(17-19-6-10-26(36-3)27(13-19)37-4)12-11-21-16-29-24-9-8-22(35-2)15-23(21)24/h5-10,13-16,29H,11-12,17H2,1-4H3. The lowest BCUT2D eigenvalue weighted by molar-refractivity contribution is -0.385. The van der Waals surface area contributed by atoms with Gasteiger partial charge < -0.3 is 24.1 Å². The van der Waals surface area contributed by atoms with Crippen molar-refractivity contribution in [2.75, 3.05) is 27.9 Å². The van der Waals surface area contributed by atoms with Crippen molar-refractivity contribution in [1.82, 2.24) is 9.88 Å². The van der Waals surface area contributed by atoms with Gasteiger partial charge in [-0.1, -0.05) is 12.1 Å². The second-order valence-corrected chi connectivity index (χ2v) is 8.65. The van der Waals surface area contributed by atoms with Crippen molar-refractivity contribution in [2.45, 2.75) is 19.9 Å². The summed E-state index contributed by atoms with van der Waals surface area (Å²) in [5, 5.41) is 12.5. The van der Waals surface area contributed by atoms with Gasteiger partial charge in [0, 0.05) is 47.4 Å². The number of nitrogens with zero attached hydrogens (tertiary/aromatic N) is 2. The molecule has 1 N–H and O–H groups in total. The van der Waals surface area contributed by atoms with Crippen LogP contribution in [0.4, 0.5) is 5.69 Å². The Hall–Kier alpha value is -4.53. The lowest BCUT2D eigenvalue weighted by Gasteiger charge is -2.24. The summed E-state index contributed by atoms with van der Waals surface area (Å²) in [5.41, 5.74) is 3.53. The van der Waals surface area contributed by atoms with E-state index < -0.39 is 4.92 Å². The van der Waals surface area contributed by atoms with Crippen molar-refractivity contribution in [3.63, 3.8) is 0 Å². The molecule has 0 saturated heterocycles. The van der Waals surface area contributed by atoms with Crippen LogP contribution in [0.3, 0.4) is 0 Å². The quantitative estimate of drug-likeness (QED) is 0.233. The van der Waals surface area contributed by atoms with Crippen LogP contribution in [0.25, 0.3) is 10.9 Å². The Balaban J connectivity index is 1.66. The fourth-order valence-electron chi connectivity index (χ4n) is 4.32. The van der Waals surface area contributed by atoms with Gasteiger partial charge in [0.15, 0.2) is 11.5 Å². The lowest BCUT2D eigenvalue weighted by atomic mass is 10.1. The third kappa shape index (κ3) is 5.50. The summed E-state index contributed by atoms with van der Waals surface area (Å²) in [4.78, 5) is 29.6. The summed E-state index contributed by atoms with van der Waals surface area (Å²) in [6, 6.07) is 15.9. The summed E-state index contributed by atoms with van der Waals surface area (Å²) in [6.45, 7) is 2.32. The molecule has 0 fully saturated rings. The average Bonchev–Trinajstić information content (AvgIpc) is 3.32. The molecule has 0 bridgehead atoms. The maximum absolute atomic E-state index is 13.7. The van der Waals surface area contributed by atoms with Crippen LogP contribution in [-0.2, 0) is 13.0 Å². The molecular weight excluding hydrogens is 474 g/mol. The molecule has 0 aliphatic rings. The third-order valence-corrected chi connectivity index (χ3v) is 6.39. The van der Waals surface area contributed by atoms with Gasteiger partial charge in [0.2, 0.25) is 0 Å². The molecule has 0 atom stereocenters. The maximum Gasteiger partial charge on any atom is 0.273 e. The first-order chi connectivity index (χ1) is 17.8. The number of rotatable bonds is 10. The number of aromatic amines is 1. The van der Waals surface area contributed by atoms with Gasteiger partial charge in [0.05, 0.1) is 26.3 Å². The molecule has 1 aromatic heterocycles. The molecule has 1 heterocycles. The van der Waals surface area contributed by atoms with E-state index in [1.165, 1.54) is 6.07 Å². The van der Waals surface area contributed by atoms with Crippen LogP contribution in [0, 0.1) is 17.0 Å². The number of amides is 1. The van der Waals surface area contributed by atoms with Gasteiger partial charge in [0.25, 0.3) is 11.6 Å². The number of nitro groups is 1. The molecule has 4 rings (SSSR count). The van der Waals surface area contributed by atoms with Gasteiger partial charge in [-0.2, -0.15) is 0 Å². The number of ether oxygens (including phenoxy) is 3. The number of hydrogen-bond acceptors (Lipinski definition) is 6. The van der Waals surface area contributed by atoms with Crippen molar-refractivity contribution in [3.8, 4) is 17.2 Å². The van der Waals surface area contributed by atoms with E-state index in [0.29, 0.717) is 30.0 Å². The molecule has 0 spiro atoms. The first-order valence-corrected chi connectivity index (χ1v) is 11.7. The van der Waals surface area contributed by atoms with Crippen LogP contribution in [0.1, 0.15) is 27.0 Å². The Morgan fingerprint density at radius 2 is 1.76 bits per heavy atom. The van der Waals surface area contributed by atoms with Crippen LogP contribution in [-0.4, -0.2) is 48.6 Å². The summed E-state index contributed by atoms with van der Waals surface area (Å²) in [6.07, 6.45) is 2.50. The van der Waals surface area contributed by atoms with E-state index >= 15 is 0 Å². The largest absolute Gasteiger partial charge is 0.497 e. The zero-order chi connectivity index (χ0) is 26.5. The van der Waals surface area contributed by atoms with E-state index in [2.05, 4.69) is 4.98 Å². The first kappa shape index (κ1) is 25.6. The molecule has 192 valence electrons. The summed E-state index contributed by atoms with van der Waals surface area (Å²) in [5.74, 6) is 1.60. The lowest BCUT2D eigenvalue weighted by Crippen LogP contribution is -2.32.